The van der Waals surface area contributed by atoms with Gasteiger partial charge in [-0.15, -0.1) is 5.11 Å². The molecule has 1 aromatic rings. The Morgan fingerprint density at radius 2 is 2.42 bits per heavy atom. The van der Waals surface area contributed by atoms with Gasteiger partial charge in [0, 0.05) is 11.9 Å². The van der Waals surface area contributed by atoms with Gasteiger partial charge < -0.3 is 9.47 Å². The quantitative estimate of drug-likeness (QED) is 0.565. The fourth-order valence-corrected chi connectivity index (χ4v) is 1.56. The molecular weight excluding hydrogens is 152 g/mol. The minimum Gasteiger partial charge on any atom is -0.327 e. The molecule has 0 saturated heterocycles. The van der Waals surface area contributed by atoms with Crippen LogP contribution in [-0.4, -0.2) is 16.1 Å². The zero-order valence-electron chi connectivity index (χ0n) is 6.51. The molecule has 0 atom stereocenters. The van der Waals surface area contributed by atoms with E-state index in [2.05, 4.69) is 25.8 Å². The van der Waals surface area contributed by atoms with Crippen LogP contribution in [-0.2, 0) is 6.54 Å². The molecule has 12 heavy (non-hydrogen) atoms. The third kappa shape index (κ3) is 0.664. The molecule has 0 spiro atoms. The number of rotatable bonds is 0. The van der Waals surface area contributed by atoms with Crippen molar-refractivity contribution >= 4 is 6.20 Å². The third-order valence-corrected chi connectivity index (χ3v) is 2.21. The lowest BCUT2D eigenvalue weighted by molar-refractivity contribution is 0.363. The molecule has 0 aliphatic carbocycles. The van der Waals surface area contributed by atoms with Crippen molar-refractivity contribution in [2.45, 2.75) is 6.54 Å². The fraction of sp³-hybridized carbons (Fsp3) is 0.250. The summed E-state index contributed by atoms with van der Waals surface area (Å²) in [5, 5.41) is 7.99. The second-order valence-corrected chi connectivity index (χ2v) is 2.97. The van der Waals surface area contributed by atoms with Crippen molar-refractivity contribution in [3.8, 4) is 0 Å². The van der Waals surface area contributed by atoms with Crippen LogP contribution in [0.2, 0.25) is 0 Å². The SMILES string of the molecule is C1=C2N=NCN2Cc2cccn21. The van der Waals surface area contributed by atoms with Gasteiger partial charge in [-0.3, -0.25) is 0 Å². The van der Waals surface area contributed by atoms with Crippen LogP contribution in [0.4, 0.5) is 0 Å². The second kappa shape index (κ2) is 1.97. The average molecular weight is 160 g/mol. The monoisotopic (exact) mass is 160 g/mol. The van der Waals surface area contributed by atoms with Crippen LogP contribution >= 0.6 is 0 Å². The topological polar surface area (TPSA) is 32.9 Å². The highest BCUT2D eigenvalue weighted by Gasteiger charge is 2.20. The molecule has 0 N–H and O–H groups in total. The van der Waals surface area contributed by atoms with Crippen LogP contribution in [0.1, 0.15) is 5.69 Å². The Bertz CT molecular complexity index is 374. The summed E-state index contributed by atoms with van der Waals surface area (Å²) in [6, 6.07) is 4.16. The van der Waals surface area contributed by atoms with Crippen LogP contribution in [0, 0.1) is 0 Å². The van der Waals surface area contributed by atoms with E-state index in [1.54, 1.807) is 0 Å². The summed E-state index contributed by atoms with van der Waals surface area (Å²) in [6.45, 7) is 1.63. The molecule has 2 aliphatic heterocycles. The molecule has 1 aromatic heterocycles. The van der Waals surface area contributed by atoms with Crippen LogP contribution in [0.25, 0.3) is 6.20 Å². The molecule has 3 rings (SSSR count). The molecule has 0 unspecified atom stereocenters. The predicted octanol–water partition coefficient (Wildman–Crippen LogP) is 1.48. The Morgan fingerprint density at radius 3 is 3.42 bits per heavy atom. The van der Waals surface area contributed by atoms with E-state index in [4.69, 9.17) is 0 Å². The van der Waals surface area contributed by atoms with Crippen LogP contribution in [0.3, 0.4) is 0 Å². The van der Waals surface area contributed by atoms with Gasteiger partial charge in [0.1, 0.15) is 6.67 Å². The van der Waals surface area contributed by atoms with E-state index in [1.165, 1.54) is 5.69 Å². The Labute approximate surface area is 69.8 Å². The standard InChI is InChI=1S/C8H8N4/c1-2-7-4-12-6-9-10-8(12)5-11(7)3-1/h1-3,5H,4,6H2. The molecule has 60 valence electrons. The number of azo groups is 1. The molecule has 0 radical (unpaired) electrons. The number of hydrogen-bond acceptors (Lipinski definition) is 3. The summed E-state index contributed by atoms with van der Waals surface area (Å²) >= 11 is 0. The molecule has 4 nitrogen and oxygen atoms in total. The van der Waals surface area contributed by atoms with Crippen molar-refractivity contribution in [1.29, 1.82) is 0 Å². The molecule has 2 aliphatic rings. The van der Waals surface area contributed by atoms with Crippen LogP contribution < -0.4 is 0 Å². The first kappa shape index (κ1) is 5.99. The van der Waals surface area contributed by atoms with Crippen molar-refractivity contribution in [3.05, 3.63) is 29.8 Å². The third-order valence-electron chi connectivity index (χ3n) is 2.21. The molecule has 0 aromatic carbocycles. The summed E-state index contributed by atoms with van der Waals surface area (Å²) in [4.78, 5) is 2.15. The fourth-order valence-electron chi connectivity index (χ4n) is 1.56. The van der Waals surface area contributed by atoms with Gasteiger partial charge in [0.2, 0.25) is 0 Å². The van der Waals surface area contributed by atoms with E-state index >= 15 is 0 Å². The minimum atomic E-state index is 0.705. The number of nitrogens with zero attached hydrogens (tertiary/aromatic N) is 4. The Hall–Kier alpha value is -1.58. The zero-order chi connectivity index (χ0) is 7.97. The summed E-state index contributed by atoms with van der Waals surface area (Å²) in [7, 11) is 0. The average Bonchev–Trinajstić information content (AvgIpc) is 2.64. The summed E-state index contributed by atoms with van der Waals surface area (Å²) in [6.07, 6.45) is 4.04. The highest BCUT2D eigenvalue weighted by Crippen LogP contribution is 2.23. The van der Waals surface area contributed by atoms with Gasteiger partial charge in [-0.1, -0.05) is 0 Å². The van der Waals surface area contributed by atoms with Crippen molar-refractivity contribution < 1.29 is 0 Å². The van der Waals surface area contributed by atoms with E-state index in [1.807, 2.05) is 18.5 Å². The smallest absolute Gasteiger partial charge is 0.169 e. The Kier molecular flexibility index (Phi) is 0.983. The van der Waals surface area contributed by atoms with Gasteiger partial charge in [-0.2, -0.15) is 5.11 Å². The molecule has 0 fully saturated rings. The van der Waals surface area contributed by atoms with Crippen molar-refractivity contribution in [1.82, 2.24) is 9.47 Å². The van der Waals surface area contributed by atoms with Crippen molar-refractivity contribution in [2.24, 2.45) is 10.2 Å². The number of aromatic nitrogens is 1. The maximum Gasteiger partial charge on any atom is 0.169 e. The molecule has 0 saturated carbocycles. The Morgan fingerprint density at radius 1 is 1.42 bits per heavy atom. The lowest BCUT2D eigenvalue weighted by Gasteiger charge is -2.21. The highest BCUT2D eigenvalue weighted by atomic mass is 15.4. The Balaban J connectivity index is 2.14. The van der Waals surface area contributed by atoms with E-state index < -0.39 is 0 Å². The van der Waals surface area contributed by atoms with Gasteiger partial charge in [0.15, 0.2) is 5.82 Å². The van der Waals surface area contributed by atoms with Gasteiger partial charge in [-0.25, -0.2) is 0 Å². The van der Waals surface area contributed by atoms with E-state index in [0.717, 1.165) is 12.4 Å². The highest BCUT2D eigenvalue weighted by molar-refractivity contribution is 5.37. The summed E-state index contributed by atoms with van der Waals surface area (Å²) in [5.41, 5.74) is 1.30. The van der Waals surface area contributed by atoms with Crippen LogP contribution in [0.15, 0.2) is 34.4 Å². The van der Waals surface area contributed by atoms with Gasteiger partial charge in [0.05, 0.1) is 12.7 Å². The van der Waals surface area contributed by atoms with E-state index in [0.29, 0.717) is 6.67 Å². The zero-order valence-corrected chi connectivity index (χ0v) is 6.51. The second-order valence-electron chi connectivity index (χ2n) is 2.97. The minimum absolute atomic E-state index is 0.705. The van der Waals surface area contributed by atoms with Gasteiger partial charge in [0.25, 0.3) is 0 Å². The van der Waals surface area contributed by atoms with Gasteiger partial charge in [-0.05, 0) is 12.1 Å². The van der Waals surface area contributed by atoms with Crippen LogP contribution in [0.5, 0.6) is 0 Å². The van der Waals surface area contributed by atoms with Gasteiger partial charge >= 0.3 is 0 Å². The molecule has 0 bridgehead atoms. The molecule has 4 heteroatoms. The van der Waals surface area contributed by atoms with E-state index in [-0.39, 0.29) is 0 Å². The van der Waals surface area contributed by atoms with Crippen molar-refractivity contribution in [3.63, 3.8) is 0 Å². The predicted molar refractivity (Wildman–Crippen MR) is 44.0 cm³/mol. The lowest BCUT2D eigenvalue weighted by atomic mass is 10.3. The van der Waals surface area contributed by atoms with Crippen molar-refractivity contribution in [2.75, 3.05) is 6.67 Å². The molecular formula is C8H8N4. The van der Waals surface area contributed by atoms with E-state index in [9.17, 15) is 0 Å². The molecule has 3 heterocycles. The first-order chi connectivity index (χ1) is 5.93. The largest absolute Gasteiger partial charge is 0.327 e. The summed E-state index contributed by atoms with van der Waals surface area (Å²) in [5.74, 6) is 0.971. The maximum atomic E-state index is 4.03. The molecule has 0 amide bonds. The first-order valence-corrected chi connectivity index (χ1v) is 3.93. The normalized spacial score (nSPS) is 19.0. The number of hydrogen-bond donors (Lipinski definition) is 0. The first-order valence-electron chi connectivity index (χ1n) is 3.93. The maximum absolute atomic E-state index is 4.03. The number of fused-ring (bicyclic) bond motifs is 2. The lowest BCUT2D eigenvalue weighted by Crippen LogP contribution is -2.23. The summed E-state index contributed by atoms with van der Waals surface area (Å²) < 4.78 is 2.09.